The minimum atomic E-state index is -1.07. The third-order valence-corrected chi connectivity index (χ3v) is 12.7. The van der Waals surface area contributed by atoms with Crippen molar-refractivity contribution < 1.29 is 33.6 Å². The highest BCUT2D eigenvalue weighted by molar-refractivity contribution is 6.23. The molecule has 306 valence electrons. The first-order chi connectivity index (χ1) is 28.7. The summed E-state index contributed by atoms with van der Waals surface area (Å²) in [4.78, 5) is 83.4. The molecule has 1 saturated heterocycles. The van der Waals surface area contributed by atoms with Crippen molar-refractivity contribution >= 4 is 80.0 Å². The van der Waals surface area contributed by atoms with E-state index < -0.39 is 28.1 Å². The summed E-state index contributed by atoms with van der Waals surface area (Å²) in [7, 11) is 2.71. The van der Waals surface area contributed by atoms with E-state index in [0.717, 1.165) is 54.9 Å². The number of aryl methyl sites for hydroxylation is 3. The number of nitrogens with one attached hydrogen (secondary N) is 2. The molecular formula is C46H44N6O8. The first-order valence-corrected chi connectivity index (χ1v) is 19.7. The van der Waals surface area contributed by atoms with Crippen LogP contribution >= 0.6 is 0 Å². The van der Waals surface area contributed by atoms with Crippen LogP contribution in [0.1, 0.15) is 84.6 Å². The lowest BCUT2D eigenvalue weighted by Crippen LogP contribution is -2.41. The number of H-pyrrole nitrogens is 2. The van der Waals surface area contributed by atoms with E-state index in [9.17, 15) is 29.3 Å². The lowest BCUT2D eigenvalue weighted by molar-refractivity contribution is -0.384. The van der Waals surface area contributed by atoms with E-state index in [1.807, 2.05) is 58.0 Å². The number of benzene rings is 1. The van der Waals surface area contributed by atoms with Gasteiger partial charge in [0.05, 0.1) is 59.4 Å². The lowest BCUT2D eigenvalue weighted by atomic mass is 9.61. The molecule has 8 bridgehead atoms. The molecule has 0 saturated carbocycles. The van der Waals surface area contributed by atoms with Gasteiger partial charge in [0.25, 0.3) is 5.69 Å². The number of ether oxygens (including phenoxy) is 2. The molecule has 14 nitrogen and oxygen atoms in total. The number of esters is 2. The highest BCUT2D eigenvalue weighted by atomic mass is 16.6. The number of non-ortho nitro benzene ring substituents is 1. The van der Waals surface area contributed by atoms with Crippen LogP contribution in [-0.4, -0.2) is 62.8 Å². The molecular weight excluding hydrogens is 765 g/mol. The maximum atomic E-state index is 14.7. The number of hydrogen-bond acceptors (Lipinski definition) is 10. The van der Waals surface area contributed by atoms with Crippen LogP contribution in [0.3, 0.4) is 0 Å². The second kappa shape index (κ2) is 15.0. The van der Waals surface area contributed by atoms with E-state index >= 15 is 0 Å². The summed E-state index contributed by atoms with van der Waals surface area (Å²) < 4.78 is 9.99. The molecule has 2 unspecified atom stereocenters. The van der Waals surface area contributed by atoms with Crippen LogP contribution in [-0.2, 0) is 40.5 Å². The van der Waals surface area contributed by atoms with E-state index in [1.165, 1.54) is 38.5 Å². The number of fused-ring (bicyclic) bond motifs is 13. The van der Waals surface area contributed by atoms with Gasteiger partial charge in [-0.05, 0) is 117 Å². The number of rotatable bonds is 9. The van der Waals surface area contributed by atoms with E-state index in [1.54, 1.807) is 6.08 Å². The molecule has 2 amide bonds. The molecule has 3 aliphatic heterocycles. The number of nitrogens with zero attached hydrogens (tertiary/aromatic N) is 4. The Morgan fingerprint density at radius 3 is 2.18 bits per heavy atom. The summed E-state index contributed by atoms with van der Waals surface area (Å²) in [6.07, 6.45) is 5.09. The number of aromatic amines is 2. The van der Waals surface area contributed by atoms with E-state index in [0.29, 0.717) is 53.1 Å². The first kappa shape index (κ1) is 39.8. The number of hydrogen-bond donors (Lipinski definition) is 2. The van der Waals surface area contributed by atoms with Gasteiger partial charge >= 0.3 is 11.9 Å². The topological polar surface area (TPSA) is 190 Å². The van der Waals surface area contributed by atoms with E-state index in [-0.39, 0.29) is 42.1 Å². The summed E-state index contributed by atoms with van der Waals surface area (Å²) in [5.74, 6) is -3.04. The summed E-state index contributed by atoms with van der Waals surface area (Å²) in [5.41, 5.74) is 10.6. The number of amides is 2. The molecule has 2 N–H and O–H groups in total. The SMILES string of the molecule is C=Cc1c(C)c2cc3nc(cc4[nH]c(cc5nc(cc1[nH]2)C(C)=C5CCC(=O)OC)c(CCC(=O)OC)c4C)[C@@]1(C)C3=CCC2C(=O)N(c3ccc([N+](=O)[O-])cc3)C(=O)C21. The Bertz CT molecular complexity index is 2810. The predicted octanol–water partition coefficient (Wildman–Crippen LogP) is 8.02. The Morgan fingerprint density at radius 1 is 0.883 bits per heavy atom. The summed E-state index contributed by atoms with van der Waals surface area (Å²) >= 11 is 0. The molecule has 14 heteroatoms. The number of aromatic nitrogens is 4. The summed E-state index contributed by atoms with van der Waals surface area (Å²) in [5, 5.41) is 11.4. The van der Waals surface area contributed by atoms with Gasteiger partial charge in [-0.2, -0.15) is 0 Å². The number of nitro benzene ring substituents is 1. The predicted molar refractivity (Wildman–Crippen MR) is 227 cm³/mol. The number of methoxy groups -OCH3 is 2. The Hall–Kier alpha value is -6.96. The number of allylic oxidation sites excluding steroid dienone is 4. The zero-order valence-corrected chi connectivity index (χ0v) is 34.2. The van der Waals surface area contributed by atoms with Gasteiger partial charge in [-0.25, -0.2) is 9.88 Å². The van der Waals surface area contributed by atoms with Crippen molar-refractivity contribution in [2.75, 3.05) is 19.1 Å². The van der Waals surface area contributed by atoms with Crippen LogP contribution in [0.2, 0.25) is 0 Å². The second-order valence-corrected chi connectivity index (χ2v) is 15.8. The van der Waals surface area contributed by atoms with E-state index in [2.05, 4.69) is 16.5 Å². The molecule has 0 spiro atoms. The normalized spacial score (nSPS) is 19.5. The zero-order chi connectivity index (χ0) is 42.8. The zero-order valence-electron chi connectivity index (χ0n) is 34.2. The monoisotopic (exact) mass is 808 g/mol. The minimum absolute atomic E-state index is 0.118. The van der Waals surface area contributed by atoms with Crippen molar-refractivity contribution in [3.63, 3.8) is 0 Å². The molecule has 8 rings (SSSR count). The van der Waals surface area contributed by atoms with Gasteiger partial charge in [-0.3, -0.25) is 34.3 Å². The van der Waals surface area contributed by atoms with Gasteiger partial charge in [0.1, 0.15) is 0 Å². The molecule has 1 aliphatic carbocycles. The largest absolute Gasteiger partial charge is 0.469 e. The van der Waals surface area contributed by atoms with Crippen LogP contribution in [0.4, 0.5) is 11.4 Å². The smallest absolute Gasteiger partial charge is 0.305 e. The average molecular weight is 809 g/mol. The number of imide groups is 1. The summed E-state index contributed by atoms with van der Waals surface area (Å²) in [6.45, 7) is 12.0. The van der Waals surface area contributed by atoms with Crippen LogP contribution in [0.15, 0.2) is 61.2 Å². The lowest BCUT2D eigenvalue weighted by Gasteiger charge is -2.37. The van der Waals surface area contributed by atoms with Crippen molar-refractivity contribution in [2.24, 2.45) is 11.8 Å². The highest BCUT2D eigenvalue weighted by Crippen LogP contribution is 2.56. The maximum Gasteiger partial charge on any atom is 0.305 e. The number of nitro groups is 1. The van der Waals surface area contributed by atoms with Crippen LogP contribution in [0, 0.1) is 35.8 Å². The van der Waals surface area contributed by atoms with Crippen LogP contribution < -0.4 is 4.90 Å². The average Bonchev–Trinajstić information content (AvgIpc) is 3.95. The van der Waals surface area contributed by atoms with Crippen molar-refractivity contribution in [3.8, 4) is 0 Å². The molecule has 4 aromatic rings. The number of anilines is 1. The standard InChI is InChI=1S/C46H44N6O8/c1-8-28-23(2)34-20-39-32-16-13-31-43(45(56)51(44(31)55)26-9-11-27(12-10-26)52(57)58)46(32,5)40(50-39)22-35-25(4)30(15-18-42(54)60-7)38(49-35)21-37-29(14-17-41(53)59-6)24(3)33(48-37)19-36(28)47-34/h8-12,16,19-22,31,43,47,49H,1,13-15,17-18H2,2-7H3/t31?,43?,46-/m1/s1. The summed E-state index contributed by atoms with van der Waals surface area (Å²) in [6, 6.07) is 13.2. The Balaban J connectivity index is 1.40. The Kier molecular flexibility index (Phi) is 9.97. The van der Waals surface area contributed by atoms with Crippen molar-refractivity contribution in [1.29, 1.82) is 0 Å². The Labute approximate surface area is 345 Å². The molecule has 3 aromatic heterocycles. The van der Waals surface area contributed by atoms with Gasteiger partial charge in [0, 0.05) is 58.0 Å². The molecule has 0 radical (unpaired) electrons. The molecule has 1 aromatic carbocycles. The van der Waals surface area contributed by atoms with Crippen molar-refractivity contribution in [3.05, 3.63) is 116 Å². The van der Waals surface area contributed by atoms with Crippen LogP contribution in [0.5, 0.6) is 0 Å². The molecule has 1 fully saturated rings. The fourth-order valence-corrected chi connectivity index (χ4v) is 9.33. The fourth-order valence-electron chi connectivity index (χ4n) is 9.33. The number of carbonyl (C=O) groups is 4. The van der Waals surface area contributed by atoms with Crippen LogP contribution in [0.25, 0.3) is 44.9 Å². The minimum Gasteiger partial charge on any atom is -0.469 e. The van der Waals surface area contributed by atoms with Gasteiger partial charge in [0.15, 0.2) is 0 Å². The highest BCUT2D eigenvalue weighted by Gasteiger charge is 2.61. The maximum absolute atomic E-state index is 14.7. The molecule has 4 aliphatic rings. The molecule has 6 heterocycles. The molecule has 3 atom stereocenters. The third kappa shape index (κ3) is 6.33. The van der Waals surface area contributed by atoms with Gasteiger partial charge in [-0.1, -0.05) is 18.7 Å². The first-order valence-electron chi connectivity index (χ1n) is 19.7. The fraction of sp³-hybridized carbons (Fsp3) is 0.304. The Morgan fingerprint density at radius 2 is 1.52 bits per heavy atom. The number of carbonyl (C=O) groups excluding carboxylic acids is 4. The van der Waals surface area contributed by atoms with Crippen molar-refractivity contribution in [2.45, 2.75) is 65.2 Å². The van der Waals surface area contributed by atoms with Gasteiger partial charge in [0.2, 0.25) is 11.8 Å². The molecule has 60 heavy (non-hydrogen) atoms. The van der Waals surface area contributed by atoms with Gasteiger partial charge in [-0.15, -0.1) is 0 Å². The quantitative estimate of drug-likeness (QED) is 0.0725. The van der Waals surface area contributed by atoms with E-state index in [4.69, 9.17) is 19.4 Å². The second-order valence-electron chi connectivity index (χ2n) is 15.8. The van der Waals surface area contributed by atoms with Gasteiger partial charge < -0.3 is 19.4 Å². The van der Waals surface area contributed by atoms with Crippen molar-refractivity contribution in [1.82, 2.24) is 19.9 Å². The third-order valence-electron chi connectivity index (χ3n) is 12.7.